The van der Waals surface area contributed by atoms with E-state index in [2.05, 4.69) is 4.98 Å². The minimum atomic E-state index is -4.67. The summed E-state index contributed by atoms with van der Waals surface area (Å²) in [4.78, 5) is 15.3. The Kier molecular flexibility index (Phi) is 3.59. The lowest BCUT2D eigenvalue weighted by molar-refractivity contribution is -0.140. The number of hydrogen-bond acceptors (Lipinski definition) is 4. The first-order chi connectivity index (χ1) is 11.6. The first kappa shape index (κ1) is 16.6. The Bertz CT molecular complexity index is 1010. The quantitative estimate of drug-likeness (QED) is 0.660. The third-order valence-corrected chi connectivity index (χ3v) is 3.91. The first-order valence-corrected chi connectivity index (χ1v) is 7.08. The van der Waals surface area contributed by atoms with Gasteiger partial charge in [-0.3, -0.25) is 4.79 Å². The van der Waals surface area contributed by atoms with Crippen LogP contribution in [0.25, 0.3) is 16.8 Å². The number of nitrogens with zero attached hydrogens (tertiary/aromatic N) is 2. The van der Waals surface area contributed by atoms with Crippen LogP contribution in [0, 0.1) is 6.92 Å². The Hall–Kier alpha value is -3.23. The van der Waals surface area contributed by atoms with Crippen LogP contribution >= 0.6 is 0 Å². The normalized spacial score (nSPS) is 11.8. The van der Waals surface area contributed by atoms with Crippen LogP contribution in [0.15, 0.2) is 30.6 Å². The fourth-order valence-corrected chi connectivity index (χ4v) is 2.63. The van der Waals surface area contributed by atoms with Gasteiger partial charge >= 0.3 is 6.18 Å². The largest absolute Gasteiger partial charge is 0.508 e. The Labute approximate surface area is 139 Å². The number of phenols is 1. The van der Waals surface area contributed by atoms with Gasteiger partial charge in [-0.05, 0) is 24.1 Å². The van der Waals surface area contributed by atoms with Crippen LogP contribution in [-0.4, -0.2) is 20.4 Å². The third kappa shape index (κ3) is 2.63. The molecule has 0 aliphatic heterocycles. The summed E-state index contributed by atoms with van der Waals surface area (Å²) in [6.07, 6.45) is -2.81. The summed E-state index contributed by atoms with van der Waals surface area (Å²) >= 11 is 0. The lowest BCUT2D eigenvalue weighted by Gasteiger charge is -2.14. The number of rotatable bonds is 2. The van der Waals surface area contributed by atoms with Crippen molar-refractivity contribution in [3.63, 3.8) is 0 Å². The molecule has 5 N–H and O–H groups in total. The Morgan fingerprint density at radius 3 is 2.56 bits per heavy atom. The Morgan fingerprint density at radius 1 is 1.28 bits per heavy atom. The van der Waals surface area contributed by atoms with E-state index in [0.29, 0.717) is 11.1 Å². The molecule has 0 saturated carbocycles. The van der Waals surface area contributed by atoms with Crippen molar-refractivity contribution in [3.8, 4) is 16.9 Å². The number of phenolic OH excluding ortho intramolecular Hbond substituents is 1. The maximum Gasteiger partial charge on any atom is 0.434 e. The van der Waals surface area contributed by atoms with Gasteiger partial charge in [-0.25, -0.2) is 4.98 Å². The standard InChI is InChI=1S/C16H13F3N4O2/c1-7-8(3-2-4-10(7)24)12-13(20)9(14(21)25)5-23-6-11(16(17,18)19)22-15(12)23/h2-6,24H,20H2,1H3,(H2,21,25). The van der Waals surface area contributed by atoms with Gasteiger partial charge in [-0.1, -0.05) is 12.1 Å². The molecule has 0 aliphatic carbocycles. The molecule has 0 aliphatic rings. The molecule has 0 atom stereocenters. The van der Waals surface area contributed by atoms with E-state index in [-0.39, 0.29) is 28.2 Å². The SMILES string of the molecule is Cc1c(O)cccc1-c1c(N)c(C(N)=O)cn2cc(C(F)(F)F)nc12. The van der Waals surface area contributed by atoms with E-state index in [1.54, 1.807) is 13.0 Å². The van der Waals surface area contributed by atoms with Crippen LogP contribution in [0.2, 0.25) is 0 Å². The average Bonchev–Trinajstić information content (AvgIpc) is 2.94. The predicted octanol–water partition coefficient (Wildman–Crippen LogP) is 2.72. The molecule has 3 rings (SSSR count). The van der Waals surface area contributed by atoms with Crippen LogP contribution in [0.4, 0.5) is 18.9 Å². The number of alkyl halides is 3. The molecule has 25 heavy (non-hydrogen) atoms. The highest BCUT2D eigenvalue weighted by atomic mass is 19.4. The molecule has 2 aromatic heterocycles. The topological polar surface area (TPSA) is 107 Å². The zero-order valence-corrected chi connectivity index (χ0v) is 12.9. The number of nitrogen functional groups attached to an aromatic ring is 1. The van der Waals surface area contributed by atoms with Gasteiger partial charge in [0.25, 0.3) is 5.91 Å². The number of imidazole rings is 1. The third-order valence-electron chi connectivity index (χ3n) is 3.91. The molecule has 0 spiro atoms. The minimum absolute atomic E-state index is 0.0675. The summed E-state index contributed by atoms with van der Waals surface area (Å²) in [6.45, 7) is 1.57. The number of pyridine rings is 1. The van der Waals surface area contributed by atoms with Gasteiger partial charge in [0.15, 0.2) is 5.69 Å². The summed E-state index contributed by atoms with van der Waals surface area (Å²) in [6, 6.07) is 4.50. The van der Waals surface area contributed by atoms with Crippen LogP contribution in [-0.2, 0) is 6.18 Å². The number of benzene rings is 1. The van der Waals surface area contributed by atoms with E-state index in [1.165, 1.54) is 12.1 Å². The number of anilines is 1. The number of carbonyl (C=O) groups is 1. The van der Waals surface area contributed by atoms with E-state index >= 15 is 0 Å². The van der Waals surface area contributed by atoms with Gasteiger partial charge in [0.1, 0.15) is 11.4 Å². The van der Waals surface area contributed by atoms with E-state index in [0.717, 1.165) is 16.8 Å². The molecule has 1 aromatic carbocycles. The van der Waals surface area contributed by atoms with E-state index in [1.807, 2.05) is 0 Å². The number of amides is 1. The smallest absolute Gasteiger partial charge is 0.434 e. The number of fused-ring (bicyclic) bond motifs is 1. The summed E-state index contributed by atoms with van der Waals surface area (Å²) in [5.41, 5.74) is 10.7. The van der Waals surface area contributed by atoms with Crippen molar-refractivity contribution < 1.29 is 23.1 Å². The van der Waals surface area contributed by atoms with Crippen LogP contribution in [0.5, 0.6) is 5.75 Å². The Balaban J connectivity index is 2.46. The molecule has 2 heterocycles. The highest BCUT2D eigenvalue weighted by molar-refractivity contribution is 6.04. The zero-order chi connectivity index (χ0) is 18.5. The number of aromatic nitrogens is 2. The molecule has 1 amide bonds. The highest BCUT2D eigenvalue weighted by Gasteiger charge is 2.35. The maximum atomic E-state index is 13.0. The molecular formula is C16H13F3N4O2. The average molecular weight is 350 g/mol. The number of aromatic hydroxyl groups is 1. The number of hydrogen-bond donors (Lipinski definition) is 3. The van der Waals surface area contributed by atoms with E-state index in [4.69, 9.17) is 11.5 Å². The summed E-state index contributed by atoms with van der Waals surface area (Å²) < 4.78 is 40.1. The van der Waals surface area contributed by atoms with Crippen molar-refractivity contribution in [2.24, 2.45) is 5.73 Å². The van der Waals surface area contributed by atoms with Crippen molar-refractivity contribution in [2.45, 2.75) is 13.1 Å². The number of carbonyl (C=O) groups excluding carboxylic acids is 1. The fourth-order valence-electron chi connectivity index (χ4n) is 2.63. The van der Waals surface area contributed by atoms with Crippen LogP contribution < -0.4 is 11.5 Å². The van der Waals surface area contributed by atoms with Gasteiger partial charge in [0.05, 0.1) is 11.3 Å². The fraction of sp³-hybridized carbons (Fsp3) is 0.125. The summed E-state index contributed by atoms with van der Waals surface area (Å²) in [5.74, 6) is -0.956. The zero-order valence-electron chi connectivity index (χ0n) is 12.9. The van der Waals surface area contributed by atoms with Gasteiger partial charge in [0.2, 0.25) is 0 Å². The number of nitrogens with two attached hydrogens (primary N) is 2. The second-order valence-electron chi connectivity index (χ2n) is 5.50. The molecule has 0 unspecified atom stereocenters. The van der Waals surface area contributed by atoms with Gasteiger partial charge in [-0.15, -0.1) is 0 Å². The van der Waals surface area contributed by atoms with Crippen molar-refractivity contribution in [3.05, 3.63) is 47.4 Å². The maximum absolute atomic E-state index is 13.0. The molecule has 0 saturated heterocycles. The molecule has 9 heteroatoms. The Morgan fingerprint density at radius 2 is 1.96 bits per heavy atom. The van der Waals surface area contributed by atoms with Gasteiger partial charge in [-0.2, -0.15) is 13.2 Å². The lowest BCUT2D eigenvalue weighted by Crippen LogP contribution is -2.15. The van der Waals surface area contributed by atoms with Crippen molar-refractivity contribution in [2.75, 3.05) is 5.73 Å². The van der Waals surface area contributed by atoms with Crippen LogP contribution in [0.1, 0.15) is 21.6 Å². The number of halogens is 3. The van der Waals surface area contributed by atoms with Gasteiger partial charge in [0, 0.05) is 18.0 Å². The first-order valence-electron chi connectivity index (χ1n) is 7.08. The van der Waals surface area contributed by atoms with Crippen molar-refractivity contribution in [1.82, 2.24) is 9.38 Å². The van der Waals surface area contributed by atoms with E-state index in [9.17, 15) is 23.1 Å². The lowest BCUT2D eigenvalue weighted by atomic mass is 9.97. The monoisotopic (exact) mass is 350 g/mol. The summed E-state index contributed by atoms with van der Waals surface area (Å²) in [5, 5.41) is 9.90. The molecule has 130 valence electrons. The molecule has 3 aromatic rings. The highest BCUT2D eigenvalue weighted by Crippen LogP contribution is 2.38. The molecular weight excluding hydrogens is 337 g/mol. The van der Waals surface area contributed by atoms with Crippen LogP contribution in [0.3, 0.4) is 0 Å². The van der Waals surface area contributed by atoms with Crippen molar-refractivity contribution in [1.29, 1.82) is 0 Å². The molecule has 0 bridgehead atoms. The van der Waals surface area contributed by atoms with Crippen molar-refractivity contribution >= 4 is 17.2 Å². The minimum Gasteiger partial charge on any atom is -0.508 e. The van der Waals surface area contributed by atoms with E-state index < -0.39 is 17.8 Å². The molecule has 0 radical (unpaired) electrons. The second kappa shape index (κ2) is 5.40. The van der Waals surface area contributed by atoms with Gasteiger partial charge < -0.3 is 21.0 Å². The predicted molar refractivity (Wildman–Crippen MR) is 85.0 cm³/mol. The molecule has 6 nitrogen and oxygen atoms in total. The summed E-state index contributed by atoms with van der Waals surface area (Å²) in [7, 11) is 0. The molecule has 0 fully saturated rings. The second-order valence-corrected chi connectivity index (χ2v) is 5.50. The number of primary amides is 1.